The fraction of sp³-hybridized carbons (Fsp3) is 0.400. The number of rotatable bonds is 6. The summed E-state index contributed by atoms with van der Waals surface area (Å²) < 4.78 is 8.15. The lowest BCUT2D eigenvalue weighted by Crippen LogP contribution is -2.40. The van der Waals surface area contributed by atoms with Gasteiger partial charge in [-0.05, 0) is 69.0 Å². The van der Waals surface area contributed by atoms with Crippen molar-refractivity contribution in [2.75, 3.05) is 20.2 Å². The highest BCUT2D eigenvalue weighted by molar-refractivity contribution is 5.77. The van der Waals surface area contributed by atoms with Crippen LogP contribution >= 0.6 is 0 Å². The van der Waals surface area contributed by atoms with Gasteiger partial charge in [-0.25, -0.2) is 18.8 Å². The Labute approximate surface area is 188 Å². The minimum Gasteiger partial charge on any atom is -0.468 e. The number of piperidine rings is 1. The number of carbonyl (C=O) groups excluding carboxylic acids is 1. The highest BCUT2D eigenvalue weighted by Crippen LogP contribution is 2.33. The zero-order chi connectivity index (χ0) is 22.7. The van der Waals surface area contributed by atoms with Crippen LogP contribution in [0.2, 0.25) is 0 Å². The van der Waals surface area contributed by atoms with Crippen LogP contribution in [0.3, 0.4) is 0 Å². The second-order valence-corrected chi connectivity index (χ2v) is 8.56. The zero-order valence-corrected chi connectivity index (χ0v) is 18.8. The summed E-state index contributed by atoms with van der Waals surface area (Å²) in [6, 6.07) is 17.7. The van der Waals surface area contributed by atoms with Gasteiger partial charge in [0, 0.05) is 0 Å². The van der Waals surface area contributed by atoms with Gasteiger partial charge in [0.2, 0.25) is 0 Å². The number of carbonyl (C=O) groups is 1. The summed E-state index contributed by atoms with van der Waals surface area (Å²) in [7, 11) is 1.45. The first-order valence-electron chi connectivity index (χ1n) is 11.1. The molecule has 2 aromatic carbocycles. The molecule has 0 N–H and O–H groups in total. The second-order valence-electron chi connectivity index (χ2n) is 8.56. The Morgan fingerprint density at radius 2 is 1.69 bits per heavy atom. The van der Waals surface area contributed by atoms with Gasteiger partial charge in [-0.15, -0.1) is 0 Å². The topological polar surface area (TPSA) is 69.4 Å². The Morgan fingerprint density at radius 1 is 1.03 bits per heavy atom. The standard InChI is InChI=1S/C25H30N4O3/c1-18(2)29-25(31)28(17-26-29)22-11-9-19(10-12-22)20-13-15-27(16-14-20)23(24(30)32-3)21-7-5-4-6-8-21/h4-12,17-18,20,23H,13-16H2,1-3H3. The van der Waals surface area contributed by atoms with E-state index in [4.69, 9.17) is 4.74 Å². The van der Waals surface area contributed by atoms with E-state index in [1.165, 1.54) is 17.4 Å². The molecule has 1 atom stereocenters. The first-order chi connectivity index (χ1) is 15.5. The largest absolute Gasteiger partial charge is 0.468 e. The van der Waals surface area contributed by atoms with Gasteiger partial charge in [-0.3, -0.25) is 4.90 Å². The lowest BCUT2D eigenvalue weighted by molar-refractivity contribution is -0.147. The van der Waals surface area contributed by atoms with Crippen LogP contribution in [0.25, 0.3) is 5.69 Å². The third kappa shape index (κ3) is 4.39. The van der Waals surface area contributed by atoms with Crippen LogP contribution in [0.5, 0.6) is 0 Å². The SMILES string of the molecule is COC(=O)C(c1ccccc1)N1CCC(c2ccc(-n3cnn(C(C)C)c3=O)cc2)CC1. The third-order valence-electron chi connectivity index (χ3n) is 6.26. The van der Waals surface area contributed by atoms with E-state index in [-0.39, 0.29) is 23.7 Å². The van der Waals surface area contributed by atoms with Crippen molar-refractivity contribution in [1.82, 2.24) is 19.2 Å². The van der Waals surface area contributed by atoms with Crippen molar-refractivity contribution in [3.63, 3.8) is 0 Å². The number of methoxy groups -OCH3 is 1. The molecule has 0 saturated carbocycles. The van der Waals surface area contributed by atoms with Crippen molar-refractivity contribution in [2.24, 2.45) is 0 Å². The Balaban J connectivity index is 1.45. The fourth-order valence-corrected chi connectivity index (χ4v) is 4.49. The Morgan fingerprint density at radius 3 is 2.25 bits per heavy atom. The molecule has 3 aromatic rings. The number of likely N-dealkylation sites (tertiary alicyclic amines) is 1. The van der Waals surface area contributed by atoms with E-state index in [9.17, 15) is 9.59 Å². The lowest BCUT2D eigenvalue weighted by atomic mass is 9.88. The molecule has 1 aromatic heterocycles. The molecule has 0 amide bonds. The summed E-state index contributed by atoms with van der Waals surface area (Å²) in [5.41, 5.74) is 2.91. The molecule has 0 aliphatic carbocycles. The molecule has 168 valence electrons. The van der Waals surface area contributed by atoms with E-state index < -0.39 is 0 Å². The summed E-state index contributed by atoms with van der Waals surface area (Å²) in [4.78, 5) is 27.2. The number of ether oxygens (including phenoxy) is 1. The molecule has 2 heterocycles. The maximum atomic E-state index is 12.5. The summed E-state index contributed by atoms with van der Waals surface area (Å²) >= 11 is 0. The van der Waals surface area contributed by atoms with Crippen molar-refractivity contribution < 1.29 is 9.53 Å². The molecule has 0 spiro atoms. The van der Waals surface area contributed by atoms with Gasteiger partial charge < -0.3 is 4.74 Å². The highest BCUT2D eigenvalue weighted by Gasteiger charge is 2.32. The maximum Gasteiger partial charge on any atom is 0.350 e. The molecular formula is C25H30N4O3. The monoisotopic (exact) mass is 434 g/mol. The van der Waals surface area contributed by atoms with Crippen LogP contribution in [0.15, 0.2) is 65.7 Å². The average Bonchev–Trinajstić information content (AvgIpc) is 3.22. The average molecular weight is 435 g/mol. The molecule has 7 heteroatoms. The number of hydrogen-bond donors (Lipinski definition) is 0. The zero-order valence-electron chi connectivity index (χ0n) is 18.8. The van der Waals surface area contributed by atoms with Gasteiger partial charge in [0.05, 0.1) is 18.8 Å². The van der Waals surface area contributed by atoms with E-state index >= 15 is 0 Å². The molecular weight excluding hydrogens is 404 g/mol. The van der Waals surface area contributed by atoms with E-state index in [2.05, 4.69) is 22.1 Å². The molecule has 1 aliphatic heterocycles. The Bertz CT molecular complexity index is 1090. The molecule has 1 aliphatic rings. The van der Waals surface area contributed by atoms with Gasteiger partial charge >= 0.3 is 11.7 Å². The van der Waals surface area contributed by atoms with Crippen molar-refractivity contribution in [3.8, 4) is 5.69 Å². The normalized spacial score (nSPS) is 16.2. The van der Waals surface area contributed by atoms with Crippen LogP contribution in [0, 0.1) is 0 Å². The van der Waals surface area contributed by atoms with Crippen molar-refractivity contribution in [3.05, 3.63) is 82.5 Å². The maximum absolute atomic E-state index is 12.5. The quantitative estimate of drug-likeness (QED) is 0.553. The van der Waals surface area contributed by atoms with Gasteiger partial charge in [0.1, 0.15) is 12.4 Å². The molecule has 0 radical (unpaired) electrons. The Hall–Kier alpha value is -3.19. The number of esters is 1. The van der Waals surface area contributed by atoms with E-state index in [0.29, 0.717) is 5.92 Å². The first-order valence-corrected chi connectivity index (χ1v) is 11.1. The molecule has 7 nitrogen and oxygen atoms in total. The van der Waals surface area contributed by atoms with Crippen LogP contribution in [0.1, 0.15) is 55.8 Å². The van der Waals surface area contributed by atoms with Crippen molar-refractivity contribution in [1.29, 1.82) is 0 Å². The number of benzene rings is 2. The number of hydrogen-bond acceptors (Lipinski definition) is 5. The predicted octanol–water partition coefficient (Wildman–Crippen LogP) is 3.71. The minimum absolute atomic E-state index is 0.0258. The molecule has 32 heavy (non-hydrogen) atoms. The molecule has 1 unspecified atom stereocenters. The predicted molar refractivity (Wildman–Crippen MR) is 123 cm³/mol. The van der Waals surface area contributed by atoms with Crippen LogP contribution in [-0.4, -0.2) is 45.4 Å². The number of aromatic nitrogens is 3. The van der Waals surface area contributed by atoms with Crippen LogP contribution in [-0.2, 0) is 9.53 Å². The van der Waals surface area contributed by atoms with Crippen molar-refractivity contribution >= 4 is 5.97 Å². The fourth-order valence-electron chi connectivity index (χ4n) is 4.49. The molecule has 0 bridgehead atoms. The summed E-state index contributed by atoms with van der Waals surface area (Å²) in [5, 5.41) is 4.20. The third-order valence-corrected chi connectivity index (χ3v) is 6.26. The summed E-state index contributed by atoms with van der Waals surface area (Å²) in [5.74, 6) is 0.205. The smallest absolute Gasteiger partial charge is 0.350 e. The molecule has 1 fully saturated rings. The minimum atomic E-state index is -0.367. The van der Waals surface area contributed by atoms with Gasteiger partial charge in [0.15, 0.2) is 0 Å². The van der Waals surface area contributed by atoms with Crippen LogP contribution < -0.4 is 5.69 Å². The van der Waals surface area contributed by atoms with E-state index in [0.717, 1.165) is 37.2 Å². The Kier molecular flexibility index (Phi) is 6.55. The molecule has 4 rings (SSSR count). The second kappa shape index (κ2) is 9.53. The van der Waals surface area contributed by atoms with Gasteiger partial charge in [0.25, 0.3) is 0 Å². The van der Waals surface area contributed by atoms with E-state index in [1.54, 1.807) is 10.9 Å². The molecule has 1 saturated heterocycles. The van der Waals surface area contributed by atoms with Crippen LogP contribution in [0.4, 0.5) is 0 Å². The number of nitrogens with zero attached hydrogens (tertiary/aromatic N) is 4. The lowest BCUT2D eigenvalue weighted by Gasteiger charge is -2.36. The first kappa shape index (κ1) is 22.0. The highest BCUT2D eigenvalue weighted by atomic mass is 16.5. The summed E-state index contributed by atoms with van der Waals surface area (Å²) in [6.07, 6.45) is 3.50. The summed E-state index contributed by atoms with van der Waals surface area (Å²) in [6.45, 7) is 5.52. The van der Waals surface area contributed by atoms with Gasteiger partial charge in [-0.1, -0.05) is 42.5 Å². The van der Waals surface area contributed by atoms with Gasteiger partial charge in [-0.2, -0.15) is 5.10 Å². The van der Waals surface area contributed by atoms with Crippen molar-refractivity contribution in [2.45, 2.75) is 44.7 Å². The van der Waals surface area contributed by atoms with E-state index in [1.807, 2.05) is 56.3 Å².